The Morgan fingerprint density at radius 3 is 2.59 bits per heavy atom. The number of pyridine rings is 1. The zero-order valence-electron chi connectivity index (χ0n) is 18.4. The van der Waals surface area contributed by atoms with Crippen molar-refractivity contribution < 1.29 is 0 Å². The summed E-state index contributed by atoms with van der Waals surface area (Å²) in [5.41, 5.74) is 5.42. The molecule has 3 nitrogen and oxygen atoms in total. The van der Waals surface area contributed by atoms with E-state index in [2.05, 4.69) is 100 Å². The number of thiophene rings is 1. The Morgan fingerprint density at radius 1 is 0.853 bits per heavy atom. The Hall–Kier alpha value is -4.28. The first-order chi connectivity index (χ1) is 16.8. The van der Waals surface area contributed by atoms with E-state index in [1.807, 2.05) is 12.1 Å². The summed E-state index contributed by atoms with van der Waals surface area (Å²) in [6.45, 7) is 3.68. The number of hydrogen-bond donors (Lipinski definition) is 0. The number of nitrogens with zero attached hydrogens (tertiary/aromatic N) is 3. The third-order valence-electron chi connectivity index (χ3n) is 5.95. The predicted molar refractivity (Wildman–Crippen MR) is 147 cm³/mol. The topological polar surface area (TPSA) is 30.2 Å². The van der Waals surface area contributed by atoms with Crippen LogP contribution in [0, 0.1) is 0 Å². The molecule has 34 heavy (non-hydrogen) atoms. The van der Waals surface area contributed by atoms with Gasteiger partial charge in [-0.3, -0.25) is 9.56 Å². The Morgan fingerprint density at radius 2 is 1.71 bits per heavy atom. The molecule has 0 saturated carbocycles. The number of hydrogen-bond acceptors (Lipinski definition) is 3. The number of aromatic nitrogens is 2. The molecule has 3 aromatic heterocycles. The van der Waals surface area contributed by atoms with Gasteiger partial charge >= 0.3 is 0 Å². The molecule has 0 unspecified atom stereocenters. The van der Waals surface area contributed by atoms with Crippen molar-refractivity contribution in [2.45, 2.75) is 0 Å². The summed E-state index contributed by atoms with van der Waals surface area (Å²) in [6.07, 6.45) is 7.01. The highest BCUT2D eigenvalue weighted by atomic mass is 32.1. The fourth-order valence-electron chi connectivity index (χ4n) is 4.49. The van der Waals surface area contributed by atoms with Crippen LogP contribution in [0.4, 0.5) is 0 Å². The lowest BCUT2D eigenvalue weighted by molar-refractivity contribution is 1.07. The molecular formula is C30H21N3S. The van der Waals surface area contributed by atoms with Gasteiger partial charge in [0.05, 0.1) is 16.7 Å². The lowest BCUT2D eigenvalue weighted by Crippen LogP contribution is -1.99. The van der Waals surface area contributed by atoms with Gasteiger partial charge in [-0.25, -0.2) is 4.98 Å². The van der Waals surface area contributed by atoms with Crippen molar-refractivity contribution in [2.24, 2.45) is 4.99 Å². The maximum Gasteiger partial charge on any atom is 0.138 e. The SMILES string of the molecule is C=CC=NC=Cc1cc(-c2ccccc2)cc(-n2c3ccccc3c3c4sccc4ccc32)n1. The molecule has 0 atom stereocenters. The second-order valence-electron chi connectivity index (χ2n) is 8.01. The normalized spacial score (nSPS) is 12.0. The van der Waals surface area contributed by atoms with Crippen LogP contribution in [0.15, 0.2) is 114 Å². The van der Waals surface area contributed by atoms with E-state index in [0.717, 1.165) is 33.7 Å². The largest absolute Gasteiger partial charge is 0.294 e. The highest BCUT2D eigenvalue weighted by Gasteiger charge is 2.16. The summed E-state index contributed by atoms with van der Waals surface area (Å²) in [5.74, 6) is 0.885. The maximum absolute atomic E-state index is 5.05. The summed E-state index contributed by atoms with van der Waals surface area (Å²) >= 11 is 1.79. The minimum absolute atomic E-state index is 0.848. The van der Waals surface area contributed by atoms with Crippen molar-refractivity contribution in [1.29, 1.82) is 0 Å². The van der Waals surface area contributed by atoms with Gasteiger partial charge in [-0.1, -0.05) is 67.3 Å². The van der Waals surface area contributed by atoms with Crippen LogP contribution < -0.4 is 0 Å². The zero-order chi connectivity index (χ0) is 22.9. The summed E-state index contributed by atoms with van der Waals surface area (Å²) in [4.78, 5) is 9.29. The van der Waals surface area contributed by atoms with Crippen molar-refractivity contribution >= 4 is 55.5 Å². The summed E-state index contributed by atoms with van der Waals surface area (Å²) in [7, 11) is 0. The van der Waals surface area contributed by atoms with E-state index in [1.165, 1.54) is 20.9 Å². The molecule has 0 radical (unpaired) electrons. The zero-order valence-corrected chi connectivity index (χ0v) is 19.2. The Balaban J connectivity index is 1.66. The standard InChI is InChI=1S/C30H21N3S/c1-2-16-31-17-14-24-19-23(21-8-4-3-5-9-21)20-28(32-24)33-26-11-7-6-10-25(26)29-27(33)13-12-22-15-18-34-30(22)29/h2-20H,1H2. The Labute approximate surface area is 201 Å². The number of aliphatic imine (C=N–C) groups is 1. The monoisotopic (exact) mass is 455 g/mol. The lowest BCUT2D eigenvalue weighted by atomic mass is 10.1. The quantitative estimate of drug-likeness (QED) is 0.241. The molecular weight excluding hydrogens is 434 g/mol. The second-order valence-corrected chi connectivity index (χ2v) is 8.92. The van der Waals surface area contributed by atoms with E-state index in [1.54, 1.807) is 29.8 Å². The van der Waals surface area contributed by atoms with Gasteiger partial charge in [-0.05, 0) is 58.3 Å². The van der Waals surface area contributed by atoms with Gasteiger partial charge in [-0.15, -0.1) is 11.3 Å². The van der Waals surface area contributed by atoms with Crippen molar-refractivity contribution in [3.05, 3.63) is 115 Å². The number of rotatable bonds is 5. The highest BCUT2D eigenvalue weighted by molar-refractivity contribution is 7.18. The van der Waals surface area contributed by atoms with Crippen LogP contribution in [0.3, 0.4) is 0 Å². The molecule has 3 aromatic carbocycles. The molecule has 0 saturated heterocycles. The van der Waals surface area contributed by atoms with Gasteiger partial charge in [0.15, 0.2) is 0 Å². The number of allylic oxidation sites excluding steroid dienone is 1. The Kier molecular flexibility index (Phi) is 5.13. The number of benzene rings is 3. The van der Waals surface area contributed by atoms with Crippen LogP contribution in [0.25, 0.3) is 54.9 Å². The number of fused-ring (bicyclic) bond motifs is 5. The van der Waals surface area contributed by atoms with Gasteiger partial charge in [0.25, 0.3) is 0 Å². The summed E-state index contributed by atoms with van der Waals surface area (Å²) in [5, 5.41) is 5.96. The fraction of sp³-hybridized carbons (Fsp3) is 0. The van der Waals surface area contributed by atoms with Crippen molar-refractivity contribution in [3.63, 3.8) is 0 Å². The predicted octanol–water partition coefficient (Wildman–Crippen LogP) is 8.29. The van der Waals surface area contributed by atoms with Crippen molar-refractivity contribution in [3.8, 4) is 16.9 Å². The van der Waals surface area contributed by atoms with Crippen LogP contribution in [0.2, 0.25) is 0 Å². The maximum atomic E-state index is 5.05. The first-order valence-corrected chi connectivity index (χ1v) is 12.0. The lowest BCUT2D eigenvalue weighted by Gasteiger charge is -2.11. The van der Waals surface area contributed by atoms with Gasteiger partial charge < -0.3 is 0 Å². The molecule has 0 aliphatic carbocycles. The molecule has 4 heteroatoms. The van der Waals surface area contributed by atoms with Crippen LogP contribution >= 0.6 is 11.3 Å². The van der Waals surface area contributed by atoms with E-state index in [0.29, 0.717) is 0 Å². The molecule has 0 aliphatic heterocycles. The third-order valence-corrected chi connectivity index (χ3v) is 6.89. The minimum atomic E-state index is 0.848. The molecule has 0 spiro atoms. The second kappa shape index (κ2) is 8.58. The molecule has 162 valence electrons. The van der Waals surface area contributed by atoms with Crippen LogP contribution in [0.5, 0.6) is 0 Å². The van der Waals surface area contributed by atoms with E-state index >= 15 is 0 Å². The summed E-state index contributed by atoms with van der Waals surface area (Å²) < 4.78 is 3.59. The molecule has 6 rings (SSSR count). The molecule has 6 aromatic rings. The van der Waals surface area contributed by atoms with E-state index in [-0.39, 0.29) is 0 Å². The number of para-hydroxylation sites is 1. The van der Waals surface area contributed by atoms with Gasteiger partial charge in [0, 0.05) is 27.9 Å². The third kappa shape index (κ3) is 3.45. The van der Waals surface area contributed by atoms with Crippen LogP contribution in [-0.4, -0.2) is 15.8 Å². The van der Waals surface area contributed by atoms with Crippen molar-refractivity contribution in [1.82, 2.24) is 9.55 Å². The van der Waals surface area contributed by atoms with E-state index < -0.39 is 0 Å². The average molecular weight is 456 g/mol. The molecule has 0 N–H and O–H groups in total. The van der Waals surface area contributed by atoms with Gasteiger partial charge in [-0.2, -0.15) is 0 Å². The smallest absolute Gasteiger partial charge is 0.138 e. The molecule has 3 heterocycles. The minimum Gasteiger partial charge on any atom is -0.294 e. The van der Waals surface area contributed by atoms with Crippen molar-refractivity contribution in [2.75, 3.05) is 0 Å². The first kappa shape index (κ1) is 20.3. The van der Waals surface area contributed by atoms with E-state index in [4.69, 9.17) is 4.98 Å². The molecule has 0 bridgehead atoms. The molecule has 0 fully saturated rings. The van der Waals surface area contributed by atoms with E-state index in [9.17, 15) is 0 Å². The highest BCUT2D eigenvalue weighted by Crippen LogP contribution is 2.39. The first-order valence-electron chi connectivity index (χ1n) is 11.1. The van der Waals surface area contributed by atoms with Crippen LogP contribution in [-0.2, 0) is 0 Å². The summed E-state index contributed by atoms with van der Waals surface area (Å²) in [6, 6.07) is 29.9. The average Bonchev–Trinajstić information content (AvgIpc) is 3.49. The molecule has 0 amide bonds. The Bertz CT molecular complexity index is 1720. The van der Waals surface area contributed by atoms with Gasteiger partial charge in [0.1, 0.15) is 5.82 Å². The van der Waals surface area contributed by atoms with Crippen LogP contribution in [0.1, 0.15) is 5.69 Å². The van der Waals surface area contributed by atoms with Gasteiger partial charge in [0.2, 0.25) is 0 Å². The fourth-order valence-corrected chi connectivity index (χ4v) is 5.44. The molecule has 0 aliphatic rings.